The Bertz CT molecular complexity index is 441. The molecular formula is C11H15N3O2. The third-order valence-corrected chi connectivity index (χ3v) is 2.18. The highest BCUT2D eigenvalue weighted by molar-refractivity contribution is 5.87. The number of fused-ring (bicyclic) bond motifs is 1. The van der Waals surface area contributed by atoms with Crippen LogP contribution in [-0.2, 0) is 4.74 Å². The van der Waals surface area contributed by atoms with Crippen molar-refractivity contribution >= 4 is 16.8 Å². The maximum absolute atomic E-state index is 5.31. The molecule has 16 heavy (non-hydrogen) atoms. The summed E-state index contributed by atoms with van der Waals surface area (Å²) < 4.78 is 10.5. The van der Waals surface area contributed by atoms with Crippen molar-refractivity contribution in [2.24, 2.45) is 5.73 Å². The van der Waals surface area contributed by atoms with Crippen molar-refractivity contribution in [1.82, 2.24) is 4.98 Å². The van der Waals surface area contributed by atoms with E-state index in [0.717, 1.165) is 16.8 Å². The molecule has 0 aromatic carbocycles. The molecule has 0 aliphatic rings. The van der Waals surface area contributed by atoms with Crippen LogP contribution < -0.4 is 11.1 Å². The molecule has 86 valence electrons. The zero-order valence-corrected chi connectivity index (χ0v) is 8.98. The summed E-state index contributed by atoms with van der Waals surface area (Å²) in [6.07, 6.45) is 3.37. The molecule has 2 heterocycles. The predicted molar refractivity (Wildman–Crippen MR) is 62.4 cm³/mol. The fourth-order valence-electron chi connectivity index (χ4n) is 1.46. The van der Waals surface area contributed by atoms with Crippen molar-refractivity contribution in [2.75, 3.05) is 31.6 Å². The van der Waals surface area contributed by atoms with E-state index in [1.165, 1.54) is 0 Å². The van der Waals surface area contributed by atoms with Crippen LogP contribution in [0.4, 0.5) is 5.82 Å². The molecule has 2 rings (SSSR count). The highest BCUT2D eigenvalue weighted by Crippen LogP contribution is 2.21. The highest BCUT2D eigenvalue weighted by atomic mass is 16.5. The summed E-state index contributed by atoms with van der Waals surface area (Å²) in [5, 5.41) is 4.18. The first-order chi connectivity index (χ1) is 7.92. The Kier molecular flexibility index (Phi) is 3.74. The molecule has 3 N–H and O–H groups in total. The van der Waals surface area contributed by atoms with E-state index < -0.39 is 0 Å². The Labute approximate surface area is 93.6 Å². The number of nitrogens with zero attached hydrogens (tertiary/aromatic N) is 1. The molecule has 0 atom stereocenters. The largest absolute Gasteiger partial charge is 0.464 e. The Morgan fingerprint density at radius 2 is 2.31 bits per heavy atom. The van der Waals surface area contributed by atoms with Gasteiger partial charge in [-0.3, -0.25) is 0 Å². The van der Waals surface area contributed by atoms with Gasteiger partial charge in [-0.1, -0.05) is 0 Å². The molecule has 0 saturated carbocycles. The smallest absolute Gasteiger partial charge is 0.139 e. The van der Waals surface area contributed by atoms with Gasteiger partial charge in [-0.25, -0.2) is 4.98 Å². The number of pyridine rings is 1. The lowest BCUT2D eigenvalue weighted by Gasteiger charge is -2.06. The first kappa shape index (κ1) is 10.9. The third-order valence-electron chi connectivity index (χ3n) is 2.18. The molecule has 0 amide bonds. The van der Waals surface area contributed by atoms with Gasteiger partial charge in [0.05, 0.1) is 24.9 Å². The number of hydrogen-bond donors (Lipinski definition) is 2. The van der Waals surface area contributed by atoms with Gasteiger partial charge in [0.1, 0.15) is 11.4 Å². The molecule has 5 nitrogen and oxygen atoms in total. The summed E-state index contributed by atoms with van der Waals surface area (Å²) in [5.74, 6) is 0.822. The van der Waals surface area contributed by atoms with Gasteiger partial charge in [-0.2, -0.15) is 0 Å². The quantitative estimate of drug-likeness (QED) is 0.717. The second kappa shape index (κ2) is 5.48. The standard InChI is InChI=1S/C11H15N3O2/c12-3-7-15-8-5-14-11-9-2-6-16-10(9)1-4-13-11/h1-2,4,6H,3,5,7-8,12H2,(H,13,14). The highest BCUT2D eigenvalue weighted by Gasteiger charge is 2.03. The van der Waals surface area contributed by atoms with Crippen LogP contribution in [0.3, 0.4) is 0 Å². The van der Waals surface area contributed by atoms with Crippen molar-refractivity contribution in [3.8, 4) is 0 Å². The topological polar surface area (TPSA) is 73.3 Å². The Morgan fingerprint density at radius 1 is 1.38 bits per heavy atom. The molecule has 0 fully saturated rings. The van der Waals surface area contributed by atoms with Crippen LogP contribution >= 0.6 is 0 Å². The van der Waals surface area contributed by atoms with Crippen molar-refractivity contribution in [3.63, 3.8) is 0 Å². The van der Waals surface area contributed by atoms with E-state index in [9.17, 15) is 0 Å². The normalized spacial score (nSPS) is 10.8. The van der Waals surface area contributed by atoms with Crippen LogP contribution in [0.15, 0.2) is 29.0 Å². The number of nitrogens with one attached hydrogen (secondary N) is 1. The zero-order valence-electron chi connectivity index (χ0n) is 8.98. The monoisotopic (exact) mass is 221 g/mol. The van der Waals surface area contributed by atoms with Crippen molar-refractivity contribution < 1.29 is 9.15 Å². The van der Waals surface area contributed by atoms with Crippen LogP contribution in [0.5, 0.6) is 0 Å². The van der Waals surface area contributed by atoms with Crippen LogP contribution in [0, 0.1) is 0 Å². The Morgan fingerprint density at radius 3 is 3.19 bits per heavy atom. The Balaban J connectivity index is 1.91. The van der Waals surface area contributed by atoms with Gasteiger partial charge in [-0.15, -0.1) is 0 Å². The summed E-state index contributed by atoms with van der Waals surface area (Å²) in [5.41, 5.74) is 6.15. The minimum atomic E-state index is 0.551. The summed E-state index contributed by atoms with van der Waals surface area (Å²) in [6.45, 7) is 2.46. The molecule has 0 radical (unpaired) electrons. The molecule has 0 aliphatic carbocycles. The molecule has 0 saturated heterocycles. The fourth-order valence-corrected chi connectivity index (χ4v) is 1.46. The maximum Gasteiger partial charge on any atom is 0.139 e. The van der Waals surface area contributed by atoms with Crippen molar-refractivity contribution in [1.29, 1.82) is 0 Å². The average Bonchev–Trinajstić information content (AvgIpc) is 2.77. The predicted octanol–water partition coefficient (Wildman–Crippen LogP) is 1.21. The lowest BCUT2D eigenvalue weighted by molar-refractivity contribution is 0.151. The number of furan rings is 1. The van der Waals surface area contributed by atoms with E-state index in [4.69, 9.17) is 14.9 Å². The molecule has 2 aromatic rings. The third kappa shape index (κ3) is 2.50. The second-order valence-electron chi connectivity index (χ2n) is 3.32. The maximum atomic E-state index is 5.31. The molecule has 2 aromatic heterocycles. The van der Waals surface area contributed by atoms with E-state index >= 15 is 0 Å². The number of anilines is 1. The first-order valence-corrected chi connectivity index (χ1v) is 5.25. The summed E-state index contributed by atoms with van der Waals surface area (Å²) in [4.78, 5) is 4.25. The zero-order chi connectivity index (χ0) is 11.2. The van der Waals surface area contributed by atoms with Gasteiger partial charge in [0.25, 0.3) is 0 Å². The van der Waals surface area contributed by atoms with Gasteiger partial charge in [0.15, 0.2) is 0 Å². The fraction of sp³-hybridized carbons (Fsp3) is 0.364. The van der Waals surface area contributed by atoms with Crippen molar-refractivity contribution in [2.45, 2.75) is 0 Å². The molecule has 0 spiro atoms. The van der Waals surface area contributed by atoms with Crippen LogP contribution in [-0.4, -0.2) is 31.3 Å². The van der Waals surface area contributed by atoms with E-state index in [2.05, 4.69) is 10.3 Å². The van der Waals surface area contributed by atoms with E-state index in [0.29, 0.717) is 26.3 Å². The molecule has 0 bridgehead atoms. The first-order valence-electron chi connectivity index (χ1n) is 5.25. The van der Waals surface area contributed by atoms with E-state index in [1.54, 1.807) is 12.5 Å². The number of hydrogen-bond acceptors (Lipinski definition) is 5. The lowest BCUT2D eigenvalue weighted by atomic mass is 10.3. The van der Waals surface area contributed by atoms with E-state index in [1.807, 2.05) is 12.1 Å². The number of aromatic nitrogens is 1. The number of ether oxygens (including phenoxy) is 1. The molecule has 0 unspecified atom stereocenters. The van der Waals surface area contributed by atoms with Gasteiger partial charge in [0, 0.05) is 19.3 Å². The molecule has 5 heteroatoms. The molecular weight excluding hydrogens is 206 g/mol. The minimum Gasteiger partial charge on any atom is -0.464 e. The van der Waals surface area contributed by atoms with Gasteiger partial charge in [-0.05, 0) is 12.1 Å². The summed E-state index contributed by atoms with van der Waals surface area (Å²) in [6, 6.07) is 3.73. The lowest BCUT2D eigenvalue weighted by Crippen LogP contribution is -2.14. The van der Waals surface area contributed by atoms with E-state index in [-0.39, 0.29) is 0 Å². The summed E-state index contributed by atoms with van der Waals surface area (Å²) in [7, 11) is 0. The van der Waals surface area contributed by atoms with Crippen molar-refractivity contribution in [3.05, 3.63) is 24.6 Å². The van der Waals surface area contributed by atoms with Crippen LogP contribution in [0.2, 0.25) is 0 Å². The van der Waals surface area contributed by atoms with Gasteiger partial charge < -0.3 is 20.2 Å². The van der Waals surface area contributed by atoms with Gasteiger partial charge >= 0.3 is 0 Å². The van der Waals surface area contributed by atoms with Crippen LogP contribution in [0.25, 0.3) is 11.0 Å². The Hall–Kier alpha value is -1.59. The SMILES string of the molecule is NCCOCCNc1nccc2occc12. The number of rotatable bonds is 6. The minimum absolute atomic E-state index is 0.551. The second-order valence-corrected chi connectivity index (χ2v) is 3.32. The number of nitrogens with two attached hydrogens (primary N) is 1. The van der Waals surface area contributed by atoms with Gasteiger partial charge in [0.2, 0.25) is 0 Å². The summed E-state index contributed by atoms with van der Waals surface area (Å²) >= 11 is 0. The average molecular weight is 221 g/mol. The van der Waals surface area contributed by atoms with Crippen LogP contribution in [0.1, 0.15) is 0 Å². The molecule has 0 aliphatic heterocycles.